The summed E-state index contributed by atoms with van der Waals surface area (Å²) >= 11 is 0. The van der Waals surface area contributed by atoms with Gasteiger partial charge in [0.15, 0.2) is 0 Å². The number of hydrogen-bond acceptors (Lipinski definition) is 4. The van der Waals surface area contributed by atoms with Gasteiger partial charge in [0.25, 0.3) is 0 Å². The highest BCUT2D eigenvalue weighted by Gasteiger charge is 2.17. The van der Waals surface area contributed by atoms with Crippen LogP contribution in [-0.2, 0) is 10.0 Å². The van der Waals surface area contributed by atoms with E-state index in [1.54, 1.807) is 25.1 Å². The maximum Gasteiger partial charge on any atom is 0.242 e. The summed E-state index contributed by atoms with van der Waals surface area (Å²) in [6.45, 7) is 5.69. The molecule has 0 saturated carbocycles. The standard InChI is InChI=1S/C15H27N3O2S/c1-3-7-13(10-11-16)12-17-14-8-5-6-9-15(14)21(19,20)18-4-2/h5-6,8-9,13,17-18H,3-4,7,10-12,16H2,1-2H3. The van der Waals surface area contributed by atoms with Gasteiger partial charge >= 0.3 is 0 Å². The molecule has 6 heteroatoms. The number of sulfonamides is 1. The van der Waals surface area contributed by atoms with Gasteiger partial charge in [0.05, 0.1) is 5.69 Å². The first-order valence-corrected chi connectivity index (χ1v) is 9.06. The fourth-order valence-electron chi connectivity index (χ4n) is 2.36. The molecule has 1 atom stereocenters. The highest BCUT2D eigenvalue weighted by Crippen LogP contribution is 2.22. The molecule has 0 aliphatic rings. The summed E-state index contributed by atoms with van der Waals surface area (Å²) in [6, 6.07) is 7.00. The van der Waals surface area contributed by atoms with Gasteiger partial charge in [-0.3, -0.25) is 0 Å². The third kappa shape index (κ3) is 5.65. The largest absolute Gasteiger partial charge is 0.384 e. The Labute approximate surface area is 128 Å². The molecule has 0 saturated heterocycles. The molecule has 0 aromatic heterocycles. The zero-order chi connectivity index (χ0) is 15.7. The van der Waals surface area contributed by atoms with Crippen LogP contribution in [0.4, 0.5) is 5.69 Å². The van der Waals surface area contributed by atoms with Gasteiger partial charge in [-0.05, 0) is 37.4 Å². The quantitative estimate of drug-likeness (QED) is 0.618. The van der Waals surface area contributed by atoms with Crippen LogP contribution in [0, 0.1) is 5.92 Å². The van der Waals surface area contributed by atoms with Crippen molar-refractivity contribution in [3.63, 3.8) is 0 Å². The van der Waals surface area contributed by atoms with Crippen molar-refractivity contribution < 1.29 is 8.42 Å². The Morgan fingerprint density at radius 3 is 2.52 bits per heavy atom. The summed E-state index contributed by atoms with van der Waals surface area (Å²) < 4.78 is 26.9. The van der Waals surface area contributed by atoms with E-state index < -0.39 is 10.0 Å². The van der Waals surface area contributed by atoms with Gasteiger partial charge in [-0.15, -0.1) is 0 Å². The van der Waals surface area contributed by atoms with Crippen molar-refractivity contribution in [1.82, 2.24) is 4.72 Å². The zero-order valence-electron chi connectivity index (χ0n) is 12.9. The van der Waals surface area contributed by atoms with Crippen LogP contribution in [0.25, 0.3) is 0 Å². The van der Waals surface area contributed by atoms with Crippen molar-refractivity contribution in [3.8, 4) is 0 Å². The maximum atomic E-state index is 12.2. The second-order valence-corrected chi connectivity index (χ2v) is 6.85. The van der Waals surface area contributed by atoms with Crippen LogP contribution in [0.1, 0.15) is 33.1 Å². The lowest BCUT2D eigenvalue weighted by atomic mass is 10.00. The molecule has 1 unspecified atom stereocenters. The number of benzene rings is 1. The monoisotopic (exact) mass is 313 g/mol. The molecule has 0 fully saturated rings. The van der Waals surface area contributed by atoms with Crippen LogP contribution in [0.2, 0.25) is 0 Å². The number of rotatable bonds is 10. The zero-order valence-corrected chi connectivity index (χ0v) is 13.7. The molecule has 21 heavy (non-hydrogen) atoms. The molecule has 1 aromatic rings. The van der Waals surface area contributed by atoms with Gasteiger partial charge in [-0.25, -0.2) is 13.1 Å². The lowest BCUT2D eigenvalue weighted by molar-refractivity contribution is 0.473. The minimum Gasteiger partial charge on any atom is -0.384 e. The predicted molar refractivity (Wildman–Crippen MR) is 87.9 cm³/mol. The van der Waals surface area contributed by atoms with Crippen molar-refractivity contribution in [1.29, 1.82) is 0 Å². The van der Waals surface area contributed by atoms with Crippen LogP contribution in [-0.4, -0.2) is 28.1 Å². The van der Waals surface area contributed by atoms with E-state index >= 15 is 0 Å². The Morgan fingerprint density at radius 2 is 1.90 bits per heavy atom. The van der Waals surface area contributed by atoms with Crippen molar-refractivity contribution in [3.05, 3.63) is 24.3 Å². The van der Waals surface area contributed by atoms with Gasteiger partial charge in [0.2, 0.25) is 10.0 Å². The van der Waals surface area contributed by atoms with E-state index in [0.717, 1.165) is 25.8 Å². The summed E-state index contributed by atoms with van der Waals surface area (Å²) in [6.07, 6.45) is 3.14. The summed E-state index contributed by atoms with van der Waals surface area (Å²) in [5, 5.41) is 3.27. The smallest absolute Gasteiger partial charge is 0.242 e. The van der Waals surface area contributed by atoms with Crippen molar-refractivity contribution >= 4 is 15.7 Å². The lowest BCUT2D eigenvalue weighted by Gasteiger charge is -2.18. The predicted octanol–water partition coefficient (Wildman–Crippen LogP) is 2.16. The van der Waals surface area contributed by atoms with Crippen molar-refractivity contribution in [2.75, 3.05) is 25.0 Å². The van der Waals surface area contributed by atoms with Crippen molar-refractivity contribution in [2.45, 2.75) is 38.0 Å². The van der Waals surface area contributed by atoms with E-state index in [1.165, 1.54) is 0 Å². The molecule has 0 bridgehead atoms. The molecule has 1 rings (SSSR count). The molecule has 0 heterocycles. The molecule has 120 valence electrons. The summed E-state index contributed by atoms with van der Waals surface area (Å²) in [4.78, 5) is 0.301. The second kappa shape index (κ2) is 9.02. The van der Waals surface area contributed by atoms with Gasteiger partial charge in [-0.2, -0.15) is 0 Å². The van der Waals surface area contributed by atoms with E-state index in [2.05, 4.69) is 17.0 Å². The van der Waals surface area contributed by atoms with Gasteiger partial charge < -0.3 is 11.1 Å². The highest BCUT2D eigenvalue weighted by atomic mass is 32.2. The number of anilines is 1. The summed E-state index contributed by atoms with van der Waals surface area (Å²) in [5.74, 6) is 0.467. The molecule has 0 spiro atoms. The Morgan fingerprint density at radius 1 is 1.19 bits per heavy atom. The Balaban J connectivity index is 2.84. The third-order valence-electron chi connectivity index (χ3n) is 3.36. The molecule has 1 aromatic carbocycles. The first-order chi connectivity index (χ1) is 10.0. The van der Waals surface area contributed by atoms with E-state index in [1.807, 2.05) is 6.07 Å². The van der Waals surface area contributed by atoms with Crippen LogP contribution >= 0.6 is 0 Å². The van der Waals surface area contributed by atoms with E-state index in [9.17, 15) is 8.42 Å². The van der Waals surface area contributed by atoms with Gasteiger partial charge in [-0.1, -0.05) is 32.4 Å². The first kappa shape index (κ1) is 17.9. The van der Waals surface area contributed by atoms with Crippen LogP contribution in [0.3, 0.4) is 0 Å². The molecule has 5 nitrogen and oxygen atoms in total. The molecule has 0 aliphatic carbocycles. The normalized spacial score (nSPS) is 13.1. The summed E-state index contributed by atoms with van der Waals surface area (Å²) in [5.41, 5.74) is 6.28. The fraction of sp³-hybridized carbons (Fsp3) is 0.600. The molecular weight excluding hydrogens is 286 g/mol. The van der Waals surface area contributed by atoms with E-state index in [4.69, 9.17) is 5.73 Å². The third-order valence-corrected chi connectivity index (χ3v) is 4.97. The van der Waals surface area contributed by atoms with Crippen LogP contribution < -0.4 is 15.8 Å². The fourth-order valence-corrected chi connectivity index (χ4v) is 3.58. The number of para-hydroxylation sites is 1. The molecule has 4 N–H and O–H groups in total. The topological polar surface area (TPSA) is 84.2 Å². The van der Waals surface area contributed by atoms with Gasteiger partial charge in [0, 0.05) is 13.1 Å². The van der Waals surface area contributed by atoms with Crippen molar-refractivity contribution in [2.24, 2.45) is 11.7 Å². The lowest BCUT2D eigenvalue weighted by Crippen LogP contribution is -2.25. The SMILES string of the molecule is CCCC(CCN)CNc1ccccc1S(=O)(=O)NCC. The molecule has 0 radical (unpaired) electrons. The highest BCUT2D eigenvalue weighted by molar-refractivity contribution is 7.89. The average molecular weight is 313 g/mol. The Kier molecular flexibility index (Phi) is 7.71. The molecular formula is C15H27N3O2S. The van der Waals surface area contributed by atoms with Crippen LogP contribution in [0.5, 0.6) is 0 Å². The second-order valence-electron chi connectivity index (χ2n) is 5.11. The molecule has 0 aliphatic heterocycles. The molecule has 0 amide bonds. The number of nitrogens with one attached hydrogen (secondary N) is 2. The summed E-state index contributed by atoms with van der Waals surface area (Å²) in [7, 11) is -3.45. The number of hydrogen-bond donors (Lipinski definition) is 3. The average Bonchev–Trinajstić information content (AvgIpc) is 2.45. The van der Waals surface area contributed by atoms with Crippen LogP contribution in [0.15, 0.2) is 29.2 Å². The minimum atomic E-state index is -3.45. The Hall–Kier alpha value is -1.11. The maximum absolute atomic E-state index is 12.2. The van der Waals surface area contributed by atoms with Gasteiger partial charge in [0.1, 0.15) is 4.90 Å². The van der Waals surface area contributed by atoms with E-state index in [0.29, 0.717) is 29.6 Å². The number of nitrogens with two attached hydrogens (primary N) is 1. The van der Waals surface area contributed by atoms with E-state index in [-0.39, 0.29) is 0 Å². The minimum absolute atomic E-state index is 0.301. The Bertz CT molecular complexity index is 511. The first-order valence-electron chi connectivity index (χ1n) is 7.57.